The molecule has 2 heteroatoms. The van der Waals surface area contributed by atoms with Crippen LogP contribution in [-0.4, -0.2) is 36.6 Å². The fourth-order valence-electron chi connectivity index (χ4n) is 3.27. The normalized spacial score (nSPS) is 26.3. The molecule has 2 nitrogen and oxygen atoms in total. The Bertz CT molecular complexity index is 386. The molecule has 1 heterocycles. The molecule has 1 N–H and O–H groups in total. The van der Waals surface area contributed by atoms with Crippen molar-refractivity contribution in [2.45, 2.75) is 44.7 Å². The summed E-state index contributed by atoms with van der Waals surface area (Å²) in [5, 5.41) is 3.68. The minimum absolute atomic E-state index is 0.623. The van der Waals surface area contributed by atoms with Gasteiger partial charge in [0.15, 0.2) is 0 Å². The van der Waals surface area contributed by atoms with Crippen molar-refractivity contribution in [3.05, 3.63) is 35.9 Å². The van der Waals surface area contributed by atoms with Gasteiger partial charge in [-0.15, -0.1) is 0 Å². The van der Waals surface area contributed by atoms with Crippen LogP contribution in [-0.2, 0) is 6.42 Å². The van der Waals surface area contributed by atoms with Gasteiger partial charge >= 0.3 is 0 Å². The van der Waals surface area contributed by atoms with Gasteiger partial charge in [-0.05, 0) is 31.2 Å². The van der Waals surface area contributed by atoms with Crippen LogP contribution in [0.3, 0.4) is 0 Å². The predicted molar refractivity (Wildman–Crippen MR) is 80.3 cm³/mol. The lowest BCUT2D eigenvalue weighted by atomic mass is 10.0. The lowest BCUT2D eigenvalue weighted by Crippen LogP contribution is -2.54. The molecule has 1 aliphatic heterocycles. The second kappa shape index (κ2) is 6.06. The van der Waals surface area contributed by atoms with Crippen molar-refractivity contribution < 1.29 is 0 Å². The summed E-state index contributed by atoms with van der Waals surface area (Å²) < 4.78 is 0. The van der Waals surface area contributed by atoms with E-state index in [0.717, 1.165) is 24.9 Å². The Hall–Kier alpha value is -0.860. The third kappa shape index (κ3) is 3.80. The molecular formula is C17H26N2. The minimum atomic E-state index is 0.623. The molecule has 0 bridgehead atoms. The molecule has 2 aliphatic rings. The second-order valence-electron chi connectivity index (χ2n) is 6.36. The van der Waals surface area contributed by atoms with Gasteiger partial charge in [0.05, 0.1) is 0 Å². The monoisotopic (exact) mass is 258 g/mol. The van der Waals surface area contributed by atoms with E-state index in [-0.39, 0.29) is 0 Å². The number of rotatable bonds is 5. The van der Waals surface area contributed by atoms with Gasteiger partial charge in [-0.1, -0.05) is 43.2 Å². The molecule has 0 aromatic heterocycles. The highest BCUT2D eigenvalue weighted by atomic mass is 15.2. The first-order chi connectivity index (χ1) is 9.31. The number of piperazine rings is 1. The van der Waals surface area contributed by atoms with Crippen LogP contribution < -0.4 is 5.32 Å². The highest BCUT2D eigenvalue weighted by molar-refractivity contribution is 5.16. The molecule has 2 unspecified atom stereocenters. The zero-order chi connectivity index (χ0) is 13.1. The zero-order valence-electron chi connectivity index (χ0n) is 12.0. The van der Waals surface area contributed by atoms with E-state index >= 15 is 0 Å². The van der Waals surface area contributed by atoms with Gasteiger partial charge in [0.2, 0.25) is 0 Å². The van der Waals surface area contributed by atoms with E-state index in [9.17, 15) is 0 Å². The molecule has 1 aromatic carbocycles. The topological polar surface area (TPSA) is 15.3 Å². The fraction of sp³-hybridized carbons (Fsp3) is 0.647. The molecular weight excluding hydrogens is 232 g/mol. The van der Waals surface area contributed by atoms with Crippen LogP contribution >= 0.6 is 0 Å². The average Bonchev–Trinajstić information content (AvgIpc) is 3.24. The summed E-state index contributed by atoms with van der Waals surface area (Å²) in [4.78, 5) is 2.70. The number of benzene rings is 1. The van der Waals surface area contributed by atoms with Crippen LogP contribution in [0.25, 0.3) is 0 Å². The number of nitrogens with one attached hydrogen (secondary N) is 1. The van der Waals surface area contributed by atoms with Crippen LogP contribution in [0.15, 0.2) is 30.3 Å². The molecule has 0 amide bonds. The smallest absolute Gasteiger partial charge is 0.0236 e. The van der Waals surface area contributed by atoms with Crippen LogP contribution in [0.2, 0.25) is 0 Å². The third-order valence-corrected chi connectivity index (χ3v) is 4.61. The average molecular weight is 258 g/mol. The first-order valence-electron chi connectivity index (χ1n) is 7.82. The number of nitrogens with zero attached hydrogens (tertiary/aromatic N) is 1. The lowest BCUT2D eigenvalue weighted by Gasteiger charge is -2.37. The van der Waals surface area contributed by atoms with E-state index in [1.807, 2.05) is 0 Å². The third-order valence-electron chi connectivity index (χ3n) is 4.61. The van der Waals surface area contributed by atoms with Crippen LogP contribution in [0.5, 0.6) is 0 Å². The van der Waals surface area contributed by atoms with Crippen molar-refractivity contribution in [3.8, 4) is 0 Å². The maximum Gasteiger partial charge on any atom is 0.0236 e. The standard InChI is InChI=1S/C17H26N2/c1-14(11-16-7-8-16)19-10-9-18-17(13-19)12-15-5-3-2-4-6-15/h2-6,14,16-18H,7-13H2,1H3. The SMILES string of the molecule is CC(CC1CC1)N1CCNC(Cc2ccccc2)C1. The van der Waals surface area contributed by atoms with Crippen molar-refractivity contribution in [2.75, 3.05) is 19.6 Å². The molecule has 1 aliphatic carbocycles. The Morgan fingerprint density at radius 1 is 1.26 bits per heavy atom. The lowest BCUT2D eigenvalue weighted by molar-refractivity contribution is 0.142. The quantitative estimate of drug-likeness (QED) is 0.873. The molecule has 2 atom stereocenters. The molecule has 19 heavy (non-hydrogen) atoms. The molecule has 3 rings (SSSR count). The maximum atomic E-state index is 3.68. The van der Waals surface area contributed by atoms with Gasteiger partial charge in [0.1, 0.15) is 0 Å². The summed E-state index contributed by atoms with van der Waals surface area (Å²) >= 11 is 0. The van der Waals surface area contributed by atoms with Crippen molar-refractivity contribution in [3.63, 3.8) is 0 Å². The Kier molecular flexibility index (Phi) is 4.19. The number of hydrogen-bond acceptors (Lipinski definition) is 2. The Morgan fingerprint density at radius 2 is 2.05 bits per heavy atom. The molecule has 0 radical (unpaired) electrons. The van der Waals surface area contributed by atoms with E-state index < -0.39 is 0 Å². The summed E-state index contributed by atoms with van der Waals surface area (Å²) in [6.45, 7) is 6.00. The molecule has 1 saturated carbocycles. The van der Waals surface area contributed by atoms with E-state index in [1.165, 1.54) is 37.9 Å². The summed E-state index contributed by atoms with van der Waals surface area (Å²) in [6, 6.07) is 12.3. The minimum Gasteiger partial charge on any atom is -0.311 e. The van der Waals surface area contributed by atoms with E-state index in [2.05, 4.69) is 47.5 Å². The molecule has 1 saturated heterocycles. The van der Waals surface area contributed by atoms with Crippen LogP contribution in [0, 0.1) is 5.92 Å². The zero-order valence-corrected chi connectivity index (χ0v) is 12.0. The van der Waals surface area contributed by atoms with Crippen LogP contribution in [0.1, 0.15) is 31.7 Å². The number of hydrogen-bond donors (Lipinski definition) is 1. The highest BCUT2D eigenvalue weighted by Crippen LogP contribution is 2.34. The largest absolute Gasteiger partial charge is 0.311 e. The summed E-state index contributed by atoms with van der Waals surface area (Å²) in [7, 11) is 0. The van der Waals surface area contributed by atoms with Gasteiger partial charge in [-0.3, -0.25) is 4.90 Å². The summed E-state index contributed by atoms with van der Waals surface area (Å²) in [5.74, 6) is 1.04. The van der Waals surface area contributed by atoms with Crippen molar-refractivity contribution in [2.24, 2.45) is 5.92 Å². The summed E-state index contributed by atoms with van der Waals surface area (Å²) in [5.41, 5.74) is 1.46. The van der Waals surface area contributed by atoms with Crippen LogP contribution in [0.4, 0.5) is 0 Å². The second-order valence-corrected chi connectivity index (χ2v) is 6.36. The predicted octanol–water partition coefficient (Wildman–Crippen LogP) is 2.69. The molecule has 104 valence electrons. The maximum absolute atomic E-state index is 3.68. The van der Waals surface area contributed by atoms with Gasteiger partial charge in [-0.2, -0.15) is 0 Å². The van der Waals surface area contributed by atoms with Gasteiger partial charge < -0.3 is 5.32 Å². The van der Waals surface area contributed by atoms with E-state index in [4.69, 9.17) is 0 Å². The van der Waals surface area contributed by atoms with Crippen molar-refractivity contribution >= 4 is 0 Å². The van der Waals surface area contributed by atoms with Crippen molar-refractivity contribution in [1.29, 1.82) is 0 Å². The van der Waals surface area contributed by atoms with Crippen molar-refractivity contribution in [1.82, 2.24) is 10.2 Å². The fourth-order valence-corrected chi connectivity index (χ4v) is 3.27. The molecule has 1 aromatic rings. The Labute approximate surface area is 117 Å². The van der Waals surface area contributed by atoms with Gasteiger partial charge in [0, 0.05) is 31.7 Å². The summed E-state index contributed by atoms with van der Waals surface area (Å²) in [6.07, 6.45) is 5.53. The van der Waals surface area contributed by atoms with E-state index in [0.29, 0.717) is 6.04 Å². The Morgan fingerprint density at radius 3 is 2.79 bits per heavy atom. The first-order valence-corrected chi connectivity index (χ1v) is 7.82. The molecule has 2 fully saturated rings. The highest BCUT2D eigenvalue weighted by Gasteiger charge is 2.28. The Balaban J connectivity index is 1.52. The first kappa shape index (κ1) is 13.1. The van der Waals surface area contributed by atoms with Gasteiger partial charge in [0.25, 0.3) is 0 Å². The van der Waals surface area contributed by atoms with Gasteiger partial charge in [-0.25, -0.2) is 0 Å². The van der Waals surface area contributed by atoms with E-state index in [1.54, 1.807) is 0 Å². The molecule has 0 spiro atoms.